The van der Waals surface area contributed by atoms with E-state index in [9.17, 15) is 19.8 Å². The fourth-order valence-corrected chi connectivity index (χ4v) is 4.93. The minimum absolute atomic E-state index is 0.0481. The minimum Gasteiger partial charge on any atom is -0.507 e. The molecule has 1 amide bonds. The summed E-state index contributed by atoms with van der Waals surface area (Å²) >= 11 is 0. The van der Waals surface area contributed by atoms with E-state index in [1.165, 1.54) is 11.0 Å². The lowest BCUT2D eigenvalue weighted by atomic mass is 9.93. The van der Waals surface area contributed by atoms with Crippen LogP contribution in [0.4, 0.5) is 0 Å². The molecule has 3 aromatic carbocycles. The summed E-state index contributed by atoms with van der Waals surface area (Å²) in [5.74, 6) is -1.08. The van der Waals surface area contributed by atoms with Crippen LogP contribution in [0.1, 0.15) is 40.8 Å². The van der Waals surface area contributed by atoms with Gasteiger partial charge in [-0.15, -0.1) is 0 Å². The van der Waals surface area contributed by atoms with E-state index in [0.29, 0.717) is 35.7 Å². The number of hydrogen-bond donors (Lipinski definition) is 2. The zero-order valence-electron chi connectivity index (χ0n) is 22.8. The normalized spacial score (nSPS) is 16.1. The second-order valence-electron chi connectivity index (χ2n) is 9.70. The molecule has 1 aliphatic heterocycles. The van der Waals surface area contributed by atoms with Gasteiger partial charge in [-0.2, -0.15) is 0 Å². The summed E-state index contributed by atoms with van der Waals surface area (Å²) in [7, 11) is 0. The van der Waals surface area contributed by atoms with Gasteiger partial charge in [-0.25, -0.2) is 0 Å². The number of hydrogen-bond acceptors (Lipinski definition) is 7. The van der Waals surface area contributed by atoms with Crippen LogP contribution in [-0.4, -0.2) is 38.4 Å². The third-order valence-corrected chi connectivity index (χ3v) is 6.92. The number of aromatic hydroxyl groups is 1. The monoisotopic (exact) mass is 550 g/mol. The Morgan fingerprint density at radius 3 is 2.44 bits per heavy atom. The number of pyridine rings is 1. The SMILES string of the molecule is CCOc1cc([C@H]2/C(=C(\O)c3ccc(OCc4ccccc4)cc3C)C(=O)C(=O)N2Cc2cccnc2)ccc1O. The molecule has 2 N–H and O–H groups in total. The van der Waals surface area contributed by atoms with Gasteiger partial charge in [-0.3, -0.25) is 14.6 Å². The highest BCUT2D eigenvalue weighted by molar-refractivity contribution is 6.46. The molecule has 0 unspecified atom stereocenters. The van der Waals surface area contributed by atoms with Crippen molar-refractivity contribution in [3.63, 3.8) is 0 Å². The highest BCUT2D eigenvalue weighted by Gasteiger charge is 2.46. The molecular formula is C33H30N2O6. The molecule has 1 aliphatic rings. The summed E-state index contributed by atoms with van der Waals surface area (Å²) in [6, 6.07) is 22.2. The summed E-state index contributed by atoms with van der Waals surface area (Å²) in [5.41, 5.74) is 3.28. The largest absolute Gasteiger partial charge is 0.507 e. The van der Waals surface area contributed by atoms with Gasteiger partial charge in [0, 0.05) is 24.5 Å². The van der Waals surface area contributed by atoms with Crippen LogP contribution in [0.25, 0.3) is 5.76 Å². The molecule has 0 bridgehead atoms. The molecule has 41 heavy (non-hydrogen) atoms. The first-order valence-electron chi connectivity index (χ1n) is 13.3. The van der Waals surface area contributed by atoms with E-state index in [2.05, 4.69) is 4.98 Å². The van der Waals surface area contributed by atoms with Crippen molar-refractivity contribution >= 4 is 17.4 Å². The van der Waals surface area contributed by atoms with E-state index in [4.69, 9.17) is 9.47 Å². The number of ether oxygens (including phenoxy) is 2. The molecule has 208 valence electrons. The van der Waals surface area contributed by atoms with Crippen LogP contribution in [0, 0.1) is 6.92 Å². The zero-order chi connectivity index (χ0) is 28.9. The average molecular weight is 551 g/mol. The van der Waals surface area contributed by atoms with Gasteiger partial charge in [-0.05, 0) is 72.5 Å². The summed E-state index contributed by atoms with van der Waals surface area (Å²) in [4.78, 5) is 32.4. The number of Topliss-reactive ketones (excluding diaryl/α,β-unsaturated/α-hetero) is 1. The molecule has 2 heterocycles. The van der Waals surface area contributed by atoms with Gasteiger partial charge in [0.1, 0.15) is 18.1 Å². The topological polar surface area (TPSA) is 109 Å². The van der Waals surface area contributed by atoms with E-state index < -0.39 is 17.7 Å². The van der Waals surface area contributed by atoms with Crippen molar-refractivity contribution < 1.29 is 29.3 Å². The number of benzene rings is 3. The Bertz CT molecular complexity index is 1600. The van der Waals surface area contributed by atoms with E-state index in [1.807, 2.05) is 36.4 Å². The molecule has 5 rings (SSSR count). The molecule has 0 spiro atoms. The van der Waals surface area contributed by atoms with Crippen molar-refractivity contribution in [3.05, 3.63) is 125 Å². The van der Waals surface area contributed by atoms with E-state index in [1.54, 1.807) is 62.6 Å². The number of carbonyl (C=O) groups excluding carboxylic acids is 2. The van der Waals surface area contributed by atoms with Gasteiger partial charge < -0.3 is 24.6 Å². The maximum atomic E-state index is 13.5. The van der Waals surface area contributed by atoms with Crippen LogP contribution in [-0.2, 0) is 22.7 Å². The van der Waals surface area contributed by atoms with Crippen LogP contribution in [0.15, 0.2) is 96.8 Å². The number of nitrogens with zero attached hydrogens (tertiary/aromatic N) is 2. The summed E-state index contributed by atoms with van der Waals surface area (Å²) in [5, 5.41) is 21.9. The molecule has 1 atom stereocenters. The Morgan fingerprint density at radius 1 is 0.951 bits per heavy atom. The molecule has 0 saturated carbocycles. The smallest absolute Gasteiger partial charge is 0.295 e. The highest BCUT2D eigenvalue weighted by atomic mass is 16.5. The zero-order valence-corrected chi connectivity index (χ0v) is 22.8. The molecule has 0 radical (unpaired) electrons. The van der Waals surface area contributed by atoms with E-state index in [0.717, 1.165) is 11.1 Å². The first-order chi connectivity index (χ1) is 19.9. The number of ketones is 1. The van der Waals surface area contributed by atoms with Crippen LogP contribution in [0.2, 0.25) is 0 Å². The third kappa shape index (κ3) is 5.77. The third-order valence-electron chi connectivity index (χ3n) is 6.92. The maximum absolute atomic E-state index is 13.5. The summed E-state index contributed by atoms with van der Waals surface area (Å²) in [6.45, 7) is 4.38. The fraction of sp³-hybridized carbons (Fsp3) is 0.182. The van der Waals surface area contributed by atoms with Gasteiger partial charge >= 0.3 is 0 Å². The molecule has 8 nitrogen and oxygen atoms in total. The first kappa shape index (κ1) is 27.5. The van der Waals surface area contributed by atoms with E-state index >= 15 is 0 Å². The second-order valence-corrected chi connectivity index (χ2v) is 9.70. The van der Waals surface area contributed by atoms with Crippen LogP contribution in [0.5, 0.6) is 17.2 Å². The predicted molar refractivity (Wildman–Crippen MR) is 153 cm³/mol. The van der Waals surface area contributed by atoms with Crippen molar-refractivity contribution in [3.8, 4) is 17.2 Å². The Labute approximate surface area is 238 Å². The molecule has 4 aromatic rings. The summed E-state index contributed by atoms with van der Waals surface area (Å²) < 4.78 is 11.5. The van der Waals surface area contributed by atoms with Gasteiger partial charge in [0.2, 0.25) is 0 Å². The lowest BCUT2D eigenvalue weighted by Crippen LogP contribution is -2.29. The van der Waals surface area contributed by atoms with Gasteiger partial charge in [0.15, 0.2) is 11.5 Å². The first-order valence-corrected chi connectivity index (χ1v) is 13.3. The van der Waals surface area contributed by atoms with Crippen LogP contribution in [0.3, 0.4) is 0 Å². The van der Waals surface area contributed by atoms with Gasteiger partial charge in [-0.1, -0.05) is 42.5 Å². The quantitative estimate of drug-likeness (QED) is 0.156. The Hall–Kier alpha value is -5.11. The predicted octanol–water partition coefficient (Wildman–Crippen LogP) is 5.70. The number of carbonyl (C=O) groups is 2. The molecule has 8 heteroatoms. The van der Waals surface area contributed by atoms with Crippen molar-refractivity contribution in [2.45, 2.75) is 33.0 Å². The number of phenolic OH excluding ortho intramolecular Hbond substituents is 1. The number of phenols is 1. The molecule has 1 saturated heterocycles. The van der Waals surface area contributed by atoms with Gasteiger partial charge in [0.05, 0.1) is 18.2 Å². The maximum Gasteiger partial charge on any atom is 0.295 e. The number of aromatic nitrogens is 1. The van der Waals surface area contributed by atoms with Gasteiger partial charge in [0.25, 0.3) is 11.7 Å². The Kier molecular flexibility index (Phi) is 8.01. The number of likely N-dealkylation sites (tertiary alicyclic amines) is 1. The molecular weight excluding hydrogens is 520 g/mol. The highest BCUT2D eigenvalue weighted by Crippen LogP contribution is 2.43. The van der Waals surface area contributed by atoms with Crippen molar-refractivity contribution in [2.75, 3.05) is 6.61 Å². The number of aliphatic hydroxyl groups is 1. The number of rotatable bonds is 9. The van der Waals surface area contributed by atoms with E-state index in [-0.39, 0.29) is 29.4 Å². The summed E-state index contributed by atoms with van der Waals surface area (Å²) in [6.07, 6.45) is 3.25. The molecule has 1 fully saturated rings. The van der Waals surface area contributed by atoms with Crippen LogP contribution >= 0.6 is 0 Å². The van der Waals surface area contributed by atoms with Crippen molar-refractivity contribution in [1.29, 1.82) is 0 Å². The number of aryl methyl sites for hydroxylation is 1. The van der Waals surface area contributed by atoms with Crippen molar-refractivity contribution in [1.82, 2.24) is 9.88 Å². The average Bonchev–Trinajstić information content (AvgIpc) is 3.23. The van der Waals surface area contributed by atoms with Crippen LogP contribution < -0.4 is 9.47 Å². The Balaban J connectivity index is 1.55. The lowest BCUT2D eigenvalue weighted by Gasteiger charge is -2.26. The molecule has 1 aromatic heterocycles. The lowest BCUT2D eigenvalue weighted by molar-refractivity contribution is -0.140. The fourth-order valence-electron chi connectivity index (χ4n) is 4.93. The van der Waals surface area contributed by atoms with Crippen molar-refractivity contribution in [2.24, 2.45) is 0 Å². The second kappa shape index (κ2) is 12.0. The molecule has 0 aliphatic carbocycles. The number of aliphatic hydroxyl groups excluding tert-OH is 1. The Morgan fingerprint density at radius 2 is 1.73 bits per heavy atom. The number of amides is 1. The standard InChI is InChI=1S/C33H30N2O6/c1-3-40-28-17-24(11-14-27(28)36)30-29(32(38)33(39)35(30)19-23-10-7-15-34-18-23)31(37)26-13-12-25(16-21(26)2)41-20-22-8-5-4-6-9-22/h4-18,30,36-37H,3,19-20H2,1-2H3/b31-29+/t30-/m0/s1. The minimum atomic E-state index is -0.927.